The van der Waals surface area contributed by atoms with Crippen LogP contribution in [0.5, 0.6) is 5.75 Å². The summed E-state index contributed by atoms with van der Waals surface area (Å²) in [5.74, 6) is -0.897. The van der Waals surface area contributed by atoms with Gasteiger partial charge in [-0.15, -0.1) is 6.58 Å². The van der Waals surface area contributed by atoms with Crippen LogP contribution >= 0.6 is 0 Å². The van der Waals surface area contributed by atoms with Crippen LogP contribution in [0.25, 0.3) is 0 Å². The van der Waals surface area contributed by atoms with Crippen LogP contribution in [0, 0.1) is 5.82 Å². The summed E-state index contributed by atoms with van der Waals surface area (Å²) < 4.78 is 13.1. The molecule has 1 atom stereocenters. The lowest BCUT2D eigenvalue weighted by atomic mass is 10.0. The molecular formula is C9H11FN2O. The molecule has 1 aromatic carbocycles. The van der Waals surface area contributed by atoms with E-state index < -0.39 is 11.9 Å². The maximum absolute atomic E-state index is 13.1. The van der Waals surface area contributed by atoms with Gasteiger partial charge in [0.05, 0.1) is 17.3 Å². The van der Waals surface area contributed by atoms with Gasteiger partial charge in [-0.3, -0.25) is 0 Å². The zero-order valence-corrected chi connectivity index (χ0v) is 7.00. The van der Waals surface area contributed by atoms with Gasteiger partial charge in [0.25, 0.3) is 0 Å². The highest BCUT2D eigenvalue weighted by Gasteiger charge is 2.15. The molecule has 0 aliphatic carbocycles. The van der Waals surface area contributed by atoms with Gasteiger partial charge in [0.2, 0.25) is 0 Å². The fourth-order valence-electron chi connectivity index (χ4n) is 1.04. The van der Waals surface area contributed by atoms with Crippen LogP contribution in [0.1, 0.15) is 11.6 Å². The number of phenolic OH excluding ortho intramolecular Hbond substituents is 1. The zero-order chi connectivity index (χ0) is 10.0. The van der Waals surface area contributed by atoms with Crippen LogP contribution in [0.4, 0.5) is 10.1 Å². The highest BCUT2D eigenvalue weighted by molar-refractivity contribution is 5.57. The van der Waals surface area contributed by atoms with Gasteiger partial charge in [0, 0.05) is 0 Å². The molecule has 70 valence electrons. The number of halogens is 1. The van der Waals surface area contributed by atoms with Crippen molar-refractivity contribution < 1.29 is 9.50 Å². The highest BCUT2D eigenvalue weighted by atomic mass is 19.1. The molecule has 0 radical (unpaired) electrons. The van der Waals surface area contributed by atoms with Crippen molar-refractivity contribution in [2.45, 2.75) is 6.04 Å². The molecule has 0 unspecified atom stereocenters. The summed E-state index contributed by atoms with van der Waals surface area (Å²) in [5, 5.41) is 9.39. The minimum absolute atomic E-state index is 0.0185. The maximum Gasteiger partial charge on any atom is 0.146 e. The number of rotatable bonds is 2. The minimum atomic E-state index is -0.747. The minimum Gasteiger partial charge on any atom is -0.505 e. The fourth-order valence-corrected chi connectivity index (χ4v) is 1.04. The second kappa shape index (κ2) is 3.45. The molecule has 0 saturated carbocycles. The molecule has 5 N–H and O–H groups in total. The van der Waals surface area contributed by atoms with Crippen molar-refractivity contribution in [3.63, 3.8) is 0 Å². The van der Waals surface area contributed by atoms with E-state index in [-0.39, 0.29) is 17.0 Å². The van der Waals surface area contributed by atoms with Gasteiger partial charge in [-0.2, -0.15) is 0 Å². The molecule has 0 bridgehead atoms. The number of nitrogen functional groups attached to an aromatic ring is 1. The Morgan fingerprint density at radius 1 is 1.54 bits per heavy atom. The predicted octanol–water partition coefficient (Wildman–Crippen LogP) is 1.30. The number of aromatic hydroxyl groups is 1. The number of phenols is 1. The van der Waals surface area contributed by atoms with Gasteiger partial charge in [-0.25, -0.2) is 4.39 Å². The van der Waals surface area contributed by atoms with Crippen molar-refractivity contribution in [2.75, 3.05) is 5.73 Å². The Labute approximate surface area is 75.5 Å². The maximum atomic E-state index is 13.1. The molecular weight excluding hydrogens is 171 g/mol. The molecule has 0 heterocycles. The summed E-state index contributed by atoms with van der Waals surface area (Å²) in [6.07, 6.45) is 1.33. The fraction of sp³-hybridized carbons (Fsp3) is 0.111. The summed E-state index contributed by atoms with van der Waals surface area (Å²) in [4.78, 5) is 0. The SMILES string of the molecule is C=C[C@H](N)c1c(F)ccc(N)c1O. The summed E-state index contributed by atoms with van der Waals surface area (Å²) >= 11 is 0. The van der Waals surface area contributed by atoms with Gasteiger partial charge in [-0.05, 0) is 12.1 Å². The number of anilines is 1. The summed E-state index contributed by atoms with van der Waals surface area (Å²) in [6.45, 7) is 3.41. The monoisotopic (exact) mass is 182 g/mol. The van der Waals surface area contributed by atoms with Gasteiger partial charge < -0.3 is 16.6 Å². The lowest BCUT2D eigenvalue weighted by Crippen LogP contribution is -2.09. The van der Waals surface area contributed by atoms with Crippen LogP contribution in [0.3, 0.4) is 0 Å². The Morgan fingerprint density at radius 3 is 2.69 bits per heavy atom. The average molecular weight is 182 g/mol. The number of hydrogen-bond acceptors (Lipinski definition) is 3. The predicted molar refractivity (Wildman–Crippen MR) is 49.6 cm³/mol. The van der Waals surface area contributed by atoms with Crippen molar-refractivity contribution >= 4 is 5.69 Å². The lowest BCUT2D eigenvalue weighted by Gasteiger charge is -2.11. The van der Waals surface area contributed by atoms with Crippen molar-refractivity contribution in [1.82, 2.24) is 0 Å². The Kier molecular flexibility index (Phi) is 2.53. The Hall–Kier alpha value is -1.55. The molecule has 1 aromatic rings. The van der Waals surface area contributed by atoms with E-state index in [4.69, 9.17) is 11.5 Å². The molecule has 0 saturated heterocycles. The standard InChI is InChI=1S/C9H11FN2O/c1-2-6(11)8-5(10)3-4-7(12)9(8)13/h2-4,6,13H,1,11-12H2/t6-/m0/s1. The third-order valence-electron chi connectivity index (χ3n) is 1.78. The van der Waals surface area contributed by atoms with Crippen LogP contribution in [0.2, 0.25) is 0 Å². The summed E-state index contributed by atoms with van der Waals surface area (Å²) in [6, 6.07) is 1.70. The summed E-state index contributed by atoms with van der Waals surface area (Å²) in [7, 11) is 0. The largest absolute Gasteiger partial charge is 0.505 e. The number of nitrogens with two attached hydrogens (primary N) is 2. The van der Waals surface area contributed by atoms with Crippen LogP contribution in [-0.2, 0) is 0 Å². The molecule has 0 aliphatic heterocycles. The normalized spacial score (nSPS) is 12.5. The van der Waals surface area contributed by atoms with E-state index in [1.807, 2.05) is 0 Å². The third-order valence-corrected chi connectivity index (χ3v) is 1.78. The molecule has 0 aromatic heterocycles. The highest BCUT2D eigenvalue weighted by Crippen LogP contribution is 2.31. The van der Waals surface area contributed by atoms with Gasteiger partial charge in [0.15, 0.2) is 0 Å². The zero-order valence-electron chi connectivity index (χ0n) is 7.00. The smallest absolute Gasteiger partial charge is 0.146 e. The van der Waals surface area contributed by atoms with Gasteiger partial charge in [-0.1, -0.05) is 6.08 Å². The van der Waals surface area contributed by atoms with Crippen LogP contribution in [-0.4, -0.2) is 5.11 Å². The first-order valence-electron chi connectivity index (χ1n) is 3.73. The second-order valence-electron chi connectivity index (χ2n) is 2.66. The van der Waals surface area contributed by atoms with E-state index in [1.54, 1.807) is 0 Å². The molecule has 0 spiro atoms. The van der Waals surface area contributed by atoms with Crippen molar-refractivity contribution in [3.8, 4) is 5.75 Å². The van der Waals surface area contributed by atoms with Crippen molar-refractivity contribution in [3.05, 3.63) is 36.2 Å². The Morgan fingerprint density at radius 2 is 2.15 bits per heavy atom. The Balaban J connectivity index is 3.32. The van der Waals surface area contributed by atoms with Crippen LogP contribution < -0.4 is 11.5 Å². The first-order chi connectivity index (χ1) is 6.07. The quantitative estimate of drug-likeness (QED) is 0.366. The van der Waals surface area contributed by atoms with E-state index in [0.29, 0.717) is 0 Å². The Bertz CT molecular complexity index is 339. The molecule has 1 rings (SSSR count). The third kappa shape index (κ3) is 1.62. The topological polar surface area (TPSA) is 72.3 Å². The molecule has 0 fully saturated rings. The van der Waals surface area contributed by atoms with E-state index in [1.165, 1.54) is 12.1 Å². The molecule has 3 nitrogen and oxygen atoms in total. The molecule has 4 heteroatoms. The first-order valence-corrected chi connectivity index (χ1v) is 3.73. The molecule has 0 aliphatic rings. The van der Waals surface area contributed by atoms with E-state index in [2.05, 4.69) is 6.58 Å². The first kappa shape index (κ1) is 9.54. The molecule has 13 heavy (non-hydrogen) atoms. The summed E-state index contributed by atoms with van der Waals surface area (Å²) in [5.41, 5.74) is 11.0. The van der Waals surface area contributed by atoms with E-state index in [0.717, 1.165) is 6.07 Å². The molecule has 0 amide bonds. The van der Waals surface area contributed by atoms with E-state index >= 15 is 0 Å². The lowest BCUT2D eigenvalue weighted by molar-refractivity contribution is 0.458. The number of hydrogen-bond donors (Lipinski definition) is 3. The average Bonchev–Trinajstić information content (AvgIpc) is 2.12. The van der Waals surface area contributed by atoms with Gasteiger partial charge in [0.1, 0.15) is 11.6 Å². The van der Waals surface area contributed by atoms with Gasteiger partial charge >= 0.3 is 0 Å². The van der Waals surface area contributed by atoms with E-state index in [9.17, 15) is 9.50 Å². The van der Waals surface area contributed by atoms with Crippen molar-refractivity contribution in [2.24, 2.45) is 5.73 Å². The second-order valence-corrected chi connectivity index (χ2v) is 2.66. The number of benzene rings is 1. The van der Waals surface area contributed by atoms with Crippen molar-refractivity contribution in [1.29, 1.82) is 0 Å². The van der Waals surface area contributed by atoms with Crippen LogP contribution in [0.15, 0.2) is 24.8 Å².